The lowest BCUT2D eigenvalue weighted by atomic mass is 10.1. The van der Waals surface area contributed by atoms with Crippen LogP contribution in [0.5, 0.6) is 0 Å². The Bertz CT molecular complexity index is 521. The molecule has 0 saturated carbocycles. The maximum atomic E-state index is 4.21. The maximum Gasteiger partial charge on any atom is 0.165 e. The van der Waals surface area contributed by atoms with Gasteiger partial charge >= 0.3 is 0 Å². The number of tetrazole rings is 1. The predicted octanol–water partition coefficient (Wildman–Crippen LogP) is 2.87. The molecule has 2 aromatic rings. The number of hydrogen-bond acceptors (Lipinski definition) is 5. The van der Waals surface area contributed by atoms with Crippen molar-refractivity contribution in [1.29, 1.82) is 0 Å². The highest BCUT2D eigenvalue weighted by atomic mass is 32.1. The van der Waals surface area contributed by atoms with Crippen LogP contribution in [-0.2, 0) is 13.1 Å². The Balaban J connectivity index is 1.69. The number of likely N-dealkylation sites (tertiary alicyclic amines) is 1. The molecule has 0 aliphatic carbocycles. The molecule has 6 heteroatoms. The third-order valence-electron chi connectivity index (χ3n) is 3.97. The van der Waals surface area contributed by atoms with E-state index in [4.69, 9.17) is 0 Å². The van der Waals surface area contributed by atoms with Crippen LogP contribution in [-0.4, -0.2) is 31.7 Å². The van der Waals surface area contributed by atoms with Crippen LogP contribution in [0.4, 0.5) is 0 Å². The molecular weight excluding hydrogens is 270 g/mol. The van der Waals surface area contributed by atoms with Crippen LogP contribution < -0.4 is 0 Å². The van der Waals surface area contributed by atoms with Crippen LogP contribution in [0.3, 0.4) is 0 Å². The Morgan fingerprint density at radius 3 is 3.20 bits per heavy atom. The van der Waals surface area contributed by atoms with E-state index in [0.29, 0.717) is 6.04 Å². The molecule has 3 heterocycles. The highest BCUT2D eigenvalue weighted by Gasteiger charge is 2.27. The van der Waals surface area contributed by atoms with E-state index in [-0.39, 0.29) is 0 Å². The molecule has 2 aromatic heterocycles. The molecule has 1 saturated heterocycles. The lowest BCUT2D eigenvalue weighted by molar-refractivity contribution is 0.237. The molecule has 20 heavy (non-hydrogen) atoms. The Hall–Kier alpha value is -1.27. The summed E-state index contributed by atoms with van der Waals surface area (Å²) in [6.07, 6.45) is 4.80. The summed E-state index contributed by atoms with van der Waals surface area (Å²) >= 11 is 1.78. The Labute approximate surface area is 123 Å². The zero-order valence-corrected chi connectivity index (χ0v) is 12.7. The van der Waals surface area contributed by atoms with Gasteiger partial charge < -0.3 is 0 Å². The van der Waals surface area contributed by atoms with Crippen molar-refractivity contribution in [2.75, 3.05) is 6.54 Å². The minimum absolute atomic E-state index is 0.539. The van der Waals surface area contributed by atoms with E-state index >= 15 is 0 Å². The topological polar surface area (TPSA) is 46.8 Å². The van der Waals surface area contributed by atoms with E-state index in [1.807, 2.05) is 4.68 Å². The number of thiophene rings is 1. The SMILES string of the molecule is CCCCn1nnnc1CN1CCC[C@@H]1c1ccsc1. The van der Waals surface area contributed by atoms with Gasteiger partial charge in [0, 0.05) is 12.6 Å². The molecular formula is C14H21N5S. The lowest BCUT2D eigenvalue weighted by Crippen LogP contribution is -2.24. The molecule has 0 unspecified atom stereocenters. The quantitative estimate of drug-likeness (QED) is 0.821. The highest BCUT2D eigenvalue weighted by molar-refractivity contribution is 7.07. The van der Waals surface area contributed by atoms with Gasteiger partial charge in [-0.05, 0) is 58.6 Å². The first-order chi connectivity index (χ1) is 9.88. The van der Waals surface area contributed by atoms with Crippen molar-refractivity contribution in [3.63, 3.8) is 0 Å². The van der Waals surface area contributed by atoms with Crippen LogP contribution >= 0.6 is 11.3 Å². The molecule has 0 N–H and O–H groups in total. The lowest BCUT2D eigenvalue weighted by Gasteiger charge is -2.23. The minimum atomic E-state index is 0.539. The van der Waals surface area contributed by atoms with Crippen LogP contribution in [0.1, 0.15) is 50.0 Å². The zero-order chi connectivity index (χ0) is 13.8. The second-order valence-corrected chi connectivity index (χ2v) is 6.14. The van der Waals surface area contributed by atoms with Crippen LogP contribution in [0.2, 0.25) is 0 Å². The smallest absolute Gasteiger partial charge is 0.165 e. The fourth-order valence-corrected chi connectivity index (χ4v) is 3.56. The van der Waals surface area contributed by atoms with E-state index in [1.165, 1.54) is 24.8 Å². The summed E-state index contributed by atoms with van der Waals surface area (Å²) in [5.74, 6) is 1.00. The molecule has 1 aliphatic rings. The summed E-state index contributed by atoms with van der Waals surface area (Å²) in [7, 11) is 0. The molecule has 1 aliphatic heterocycles. The number of rotatable bonds is 6. The number of aromatic nitrogens is 4. The van der Waals surface area contributed by atoms with Crippen LogP contribution in [0.15, 0.2) is 16.8 Å². The largest absolute Gasteiger partial charge is 0.289 e. The molecule has 0 amide bonds. The molecule has 0 bridgehead atoms. The first-order valence-corrected chi connectivity index (χ1v) is 8.34. The summed E-state index contributed by atoms with van der Waals surface area (Å²) < 4.78 is 1.96. The Morgan fingerprint density at radius 1 is 1.45 bits per heavy atom. The zero-order valence-electron chi connectivity index (χ0n) is 11.9. The van der Waals surface area contributed by atoms with Crippen molar-refractivity contribution >= 4 is 11.3 Å². The van der Waals surface area contributed by atoms with Gasteiger partial charge in [-0.1, -0.05) is 13.3 Å². The van der Waals surface area contributed by atoms with Gasteiger partial charge in [-0.25, -0.2) is 4.68 Å². The van der Waals surface area contributed by atoms with Gasteiger partial charge in [-0.15, -0.1) is 5.10 Å². The van der Waals surface area contributed by atoms with Gasteiger partial charge in [0.1, 0.15) is 0 Å². The first-order valence-electron chi connectivity index (χ1n) is 7.39. The molecule has 1 fully saturated rings. The van der Waals surface area contributed by atoms with E-state index in [2.05, 4.69) is 44.2 Å². The van der Waals surface area contributed by atoms with Gasteiger partial charge in [0.25, 0.3) is 0 Å². The van der Waals surface area contributed by atoms with E-state index in [0.717, 1.165) is 31.9 Å². The summed E-state index contributed by atoms with van der Waals surface area (Å²) in [5, 5.41) is 16.6. The molecule has 5 nitrogen and oxygen atoms in total. The highest BCUT2D eigenvalue weighted by Crippen LogP contribution is 2.33. The Morgan fingerprint density at radius 2 is 2.40 bits per heavy atom. The van der Waals surface area contributed by atoms with Gasteiger partial charge in [-0.3, -0.25) is 4.90 Å². The number of hydrogen-bond donors (Lipinski definition) is 0. The van der Waals surface area contributed by atoms with Gasteiger partial charge in [-0.2, -0.15) is 11.3 Å². The second-order valence-electron chi connectivity index (χ2n) is 5.36. The fraction of sp³-hybridized carbons (Fsp3) is 0.643. The molecule has 0 spiro atoms. The molecule has 1 atom stereocenters. The van der Waals surface area contributed by atoms with Crippen molar-refractivity contribution in [1.82, 2.24) is 25.1 Å². The molecule has 108 valence electrons. The summed E-state index contributed by atoms with van der Waals surface area (Å²) in [6.45, 7) is 5.12. The first kappa shape index (κ1) is 13.7. The number of nitrogens with zero attached hydrogens (tertiary/aromatic N) is 5. The standard InChI is InChI=1S/C14H21N5S/c1-2-3-8-19-14(15-16-17-19)10-18-7-4-5-13(18)12-6-9-20-11-12/h6,9,11,13H,2-5,7-8,10H2,1H3/t13-/m1/s1. The van der Waals surface area contributed by atoms with Crippen molar-refractivity contribution in [2.24, 2.45) is 0 Å². The van der Waals surface area contributed by atoms with Gasteiger partial charge in [0.15, 0.2) is 5.82 Å². The minimum Gasteiger partial charge on any atom is -0.289 e. The summed E-state index contributed by atoms with van der Waals surface area (Å²) in [5.41, 5.74) is 1.44. The maximum absolute atomic E-state index is 4.21. The second kappa shape index (κ2) is 6.45. The third-order valence-corrected chi connectivity index (χ3v) is 4.67. The molecule has 3 rings (SSSR count). The van der Waals surface area contributed by atoms with Crippen molar-refractivity contribution in [3.8, 4) is 0 Å². The number of aryl methyl sites for hydroxylation is 1. The monoisotopic (exact) mass is 291 g/mol. The van der Waals surface area contributed by atoms with E-state index < -0.39 is 0 Å². The summed E-state index contributed by atoms with van der Waals surface area (Å²) in [6, 6.07) is 2.78. The Kier molecular flexibility index (Phi) is 4.42. The average molecular weight is 291 g/mol. The fourth-order valence-electron chi connectivity index (χ4n) is 2.86. The van der Waals surface area contributed by atoms with Crippen molar-refractivity contribution < 1.29 is 0 Å². The van der Waals surface area contributed by atoms with Crippen molar-refractivity contribution in [2.45, 2.75) is 51.7 Å². The average Bonchev–Trinajstić information content (AvgIpc) is 3.18. The number of unbranched alkanes of at least 4 members (excludes halogenated alkanes) is 1. The molecule has 0 aromatic carbocycles. The van der Waals surface area contributed by atoms with E-state index in [1.54, 1.807) is 11.3 Å². The summed E-state index contributed by atoms with van der Waals surface area (Å²) in [4.78, 5) is 2.51. The predicted molar refractivity (Wildman–Crippen MR) is 79.4 cm³/mol. The molecule has 0 radical (unpaired) electrons. The normalized spacial score (nSPS) is 19.8. The van der Waals surface area contributed by atoms with E-state index in [9.17, 15) is 0 Å². The van der Waals surface area contributed by atoms with Crippen molar-refractivity contribution in [3.05, 3.63) is 28.2 Å². The van der Waals surface area contributed by atoms with Gasteiger partial charge in [0.05, 0.1) is 6.54 Å². The third kappa shape index (κ3) is 2.91. The van der Waals surface area contributed by atoms with Gasteiger partial charge in [0.2, 0.25) is 0 Å². The van der Waals surface area contributed by atoms with Crippen LogP contribution in [0, 0.1) is 0 Å². The van der Waals surface area contributed by atoms with Crippen LogP contribution in [0.25, 0.3) is 0 Å².